The van der Waals surface area contributed by atoms with Crippen LogP contribution >= 0.6 is 0 Å². The summed E-state index contributed by atoms with van der Waals surface area (Å²) in [6.07, 6.45) is 5.31. The summed E-state index contributed by atoms with van der Waals surface area (Å²) in [7, 11) is -2.82. The summed E-state index contributed by atoms with van der Waals surface area (Å²) in [5, 5.41) is 3.29. The largest absolute Gasteiger partial charge is 0.313 e. The van der Waals surface area contributed by atoms with Gasteiger partial charge in [-0.25, -0.2) is 8.42 Å². The smallest absolute Gasteiger partial charge is 0.151 e. The maximum atomic E-state index is 11.3. The van der Waals surface area contributed by atoms with E-state index in [9.17, 15) is 8.42 Å². The van der Waals surface area contributed by atoms with Crippen molar-refractivity contribution in [3.63, 3.8) is 0 Å². The molecule has 0 heterocycles. The molecule has 1 atom stereocenters. The first-order valence-corrected chi connectivity index (χ1v) is 7.79. The number of hydrogen-bond acceptors (Lipinski definition) is 3. The van der Waals surface area contributed by atoms with E-state index in [-0.39, 0.29) is 17.5 Å². The van der Waals surface area contributed by atoms with Gasteiger partial charge >= 0.3 is 0 Å². The summed E-state index contributed by atoms with van der Waals surface area (Å²) in [5.74, 6) is 1.42. The lowest BCUT2D eigenvalue weighted by molar-refractivity contribution is 0.289. The van der Waals surface area contributed by atoms with Crippen LogP contribution in [0.2, 0.25) is 0 Å². The second-order valence-corrected chi connectivity index (χ2v) is 7.04. The molecule has 1 fully saturated rings. The van der Waals surface area contributed by atoms with Crippen molar-refractivity contribution in [1.29, 1.82) is 0 Å². The van der Waals surface area contributed by atoms with Gasteiger partial charge < -0.3 is 5.32 Å². The number of sulfone groups is 1. The Hall–Kier alpha value is -0.0900. The van der Waals surface area contributed by atoms with Crippen LogP contribution in [0.5, 0.6) is 0 Å². The van der Waals surface area contributed by atoms with Crippen LogP contribution in [0.15, 0.2) is 0 Å². The molecule has 0 aromatic rings. The van der Waals surface area contributed by atoms with E-state index in [4.69, 9.17) is 0 Å². The van der Waals surface area contributed by atoms with Crippen LogP contribution in [0.25, 0.3) is 0 Å². The Balaban J connectivity index is 2.09. The zero-order valence-electron chi connectivity index (χ0n) is 9.83. The van der Waals surface area contributed by atoms with E-state index < -0.39 is 9.84 Å². The summed E-state index contributed by atoms with van der Waals surface area (Å²) in [6, 6.07) is 0.0926. The molecule has 1 N–H and O–H groups in total. The molecule has 0 amide bonds. The molecule has 90 valence electrons. The van der Waals surface area contributed by atoms with Crippen molar-refractivity contribution in [2.45, 2.75) is 45.6 Å². The Kier molecular flexibility index (Phi) is 5.06. The molecule has 15 heavy (non-hydrogen) atoms. The lowest BCUT2D eigenvalue weighted by Gasteiger charge is -2.26. The molecule has 4 heteroatoms. The minimum Gasteiger partial charge on any atom is -0.313 e. The fourth-order valence-electron chi connectivity index (χ4n) is 1.87. The normalized spacial score (nSPS) is 19.9. The third-order valence-electron chi connectivity index (χ3n) is 3.21. The molecule has 1 aliphatic rings. The quantitative estimate of drug-likeness (QED) is 0.726. The molecule has 1 rings (SSSR count). The summed E-state index contributed by atoms with van der Waals surface area (Å²) in [4.78, 5) is 0. The molecular weight excluding hydrogens is 210 g/mol. The Morgan fingerprint density at radius 3 is 2.53 bits per heavy atom. The maximum Gasteiger partial charge on any atom is 0.151 e. The molecule has 0 spiro atoms. The Labute approximate surface area is 93.6 Å². The van der Waals surface area contributed by atoms with Crippen LogP contribution in [0.4, 0.5) is 0 Å². The molecular formula is C11H23NO2S. The highest BCUT2D eigenvalue weighted by atomic mass is 32.2. The first kappa shape index (κ1) is 13.0. The lowest BCUT2D eigenvalue weighted by atomic mass is 9.83. The molecule has 0 radical (unpaired) electrons. The predicted molar refractivity (Wildman–Crippen MR) is 63.8 cm³/mol. The van der Waals surface area contributed by atoms with Gasteiger partial charge in [0, 0.05) is 11.8 Å². The Bertz CT molecular complexity index is 270. The van der Waals surface area contributed by atoms with Crippen LogP contribution in [-0.2, 0) is 9.84 Å². The molecule has 0 aromatic carbocycles. The second-order valence-electron chi connectivity index (χ2n) is 4.64. The van der Waals surface area contributed by atoms with Crippen LogP contribution in [0.1, 0.15) is 39.5 Å². The first-order valence-electron chi connectivity index (χ1n) is 5.97. The van der Waals surface area contributed by atoms with Gasteiger partial charge in [0.1, 0.15) is 0 Å². The van der Waals surface area contributed by atoms with Gasteiger partial charge in [-0.15, -0.1) is 0 Å². The average Bonchev–Trinajstić information content (AvgIpc) is 2.09. The molecule has 0 bridgehead atoms. The van der Waals surface area contributed by atoms with Gasteiger partial charge in [-0.3, -0.25) is 0 Å². The van der Waals surface area contributed by atoms with E-state index in [0.717, 1.165) is 12.5 Å². The Morgan fingerprint density at radius 1 is 1.40 bits per heavy atom. The predicted octanol–water partition coefficient (Wildman–Crippen LogP) is 1.59. The monoisotopic (exact) mass is 233 g/mol. The van der Waals surface area contributed by atoms with Crippen molar-refractivity contribution < 1.29 is 8.42 Å². The topological polar surface area (TPSA) is 46.2 Å². The maximum absolute atomic E-state index is 11.3. The zero-order chi connectivity index (χ0) is 11.3. The summed E-state index contributed by atoms with van der Waals surface area (Å²) in [6.45, 7) is 4.62. The Morgan fingerprint density at radius 2 is 2.07 bits per heavy atom. The molecule has 3 nitrogen and oxygen atoms in total. The summed E-state index contributed by atoms with van der Waals surface area (Å²) in [5.41, 5.74) is 0. The van der Waals surface area contributed by atoms with E-state index in [1.807, 2.05) is 6.92 Å². The lowest BCUT2D eigenvalue weighted by Crippen LogP contribution is -2.35. The van der Waals surface area contributed by atoms with E-state index >= 15 is 0 Å². The van der Waals surface area contributed by atoms with Crippen LogP contribution in [0, 0.1) is 5.92 Å². The van der Waals surface area contributed by atoms with Gasteiger partial charge in [0.15, 0.2) is 9.84 Å². The van der Waals surface area contributed by atoms with Crippen LogP contribution < -0.4 is 5.32 Å². The van der Waals surface area contributed by atoms with Gasteiger partial charge in [-0.1, -0.05) is 26.2 Å². The van der Waals surface area contributed by atoms with Crippen LogP contribution in [0.3, 0.4) is 0 Å². The third kappa shape index (κ3) is 4.98. The molecule has 1 aliphatic carbocycles. The minimum atomic E-state index is -2.82. The van der Waals surface area contributed by atoms with Crippen molar-refractivity contribution >= 4 is 9.84 Å². The van der Waals surface area contributed by atoms with Crippen molar-refractivity contribution in [1.82, 2.24) is 5.32 Å². The third-order valence-corrected chi connectivity index (χ3v) is 5.10. The number of hydrogen-bond donors (Lipinski definition) is 1. The van der Waals surface area contributed by atoms with Crippen molar-refractivity contribution in [3.05, 3.63) is 0 Å². The number of rotatable bonds is 7. The van der Waals surface area contributed by atoms with E-state index in [1.165, 1.54) is 25.7 Å². The first-order chi connectivity index (χ1) is 7.03. The van der Waals surface area contributed by atoms with E-state index in [2.05, 4.69) is 5.32 Å². The fourth-order valence-corrected chi connectivity index (χ4v) is 2.99. The highest BCUT2D eigenvalue weighted by Gasteiger charge is 2.17. The van der Waals surface area contributed by atoms with Gasteiger partial charge in [0.05, 0.1) is 5.75 Å². The molecule has 1 unspecified atom stereocenters. The van der Waals surface area contributed by atoms with Crippen LogP contribution in [-0.4, -0.2) is 32.5 Å². The van der Waals surface area contributed by atoms with E-state index in [1.54, 1.807) is 6.92 Å². The van der Waals surface area contributed by atoms with Crippen molar-refractivity contribution in [3.8, 4) is 0 Å². The standard InChI is InChI=1S/C11H23NO2S/c1-3-15(13,14)9-10(2)12-8-7-11-5-4-6-11/h10-12H,3-9H2,1-2H3. The van der Waals surface area contributed by atoms with Gasteiger partial charge in [-0.05, 0) is 25.8 Å². The zero-order valence-corrected chi connectivity index (χ0v) is 10.6. The van der Waals surface area contributed by atoms with Gasteiger partial charge in [0.25, 0.3) is 0 Å². The van der Waals surface area contributed by atoms with Gasteiger partial charge in [0.2, 0.25) is 0 Å². The summed E-state index contributed by atoms with van der Waals surface area (Å²) >= 11 is 0. The average molecular weight is 233 g/mol. The van der Waals surface area contributed by atoms with Gasteiger partial charge in [-0.2, -0.15) is 0 Å². The molecule has 1 saturated carbocycles. The highest BCUT2D eigenvalue weighted by Crippen LogP contribution is 2.28. The van der Waals surface area contributed by atoms with E-state index in [0.29, 0.717) is 0 Å². The minimum absolute atomic E-state index is 0.0926. The fraction of sp³-hybridized carbons (Fsp3) is 1.00. The van der Waals surface area contributed by atoms with Crippen molar-refractivity contribution in [2.24, 2.45) is 5.92 Å². The molecule has 0 saturated heterocycles. The second kappa shape index (κ2) is 5.85. The SMILES string of the molecule is CCS(=O)(=O)CC(C)NCCC1CCC1. The highest BCUT2D eigenvalue weighted by molar-refractivity contribution is 7.91. The summed E-state index contributed by atoms with van der Waals surface area (Å²) < 4.78 is 22.7. The molecule has 0 aromatic heterocycles. The molecule has 0 aliphatic heterocycles. The van der Waals surface area contributed by atoms with Crippen molar-refractivity contribution in [2.75, 3.05) is 18.1 Å². The number of nitrogens with one attached hydrogen (secondary N) is 1.